The van der Waals surface area contributed by atoms with E-state index >= 15 is 0 Å². The Labute approximate surface area is 197 Å². The molecule has 0 aliphatic rings. The first kappa shape index (κ1) is 27.7. The molecule has 1 amide bonds. The number of carbonyl (C=O) groups is 1. The first-order valence-electron chi connectivity index (χ1n) is 9.39. The van der Waals surface area contributed by atoms with E-state index in [4.69, 9.17) is 27.7 Å². The number of benzene rings is 1. The van der Waals surface area contributed by atoms with Crippen LogP contribution in [-0.4, -0.2) is 73.6 Å². The van der Waals surface area contributed by atoms with E-state index in [1.807, 2.05) is 0 Å². The van der Waals surface area contributed by atoms with E-state index in [0.717, 1.165) is 0 Å². The average Bonchev–Trinajstić information content (AvgIpc) is 2.77. The van der Waals surface area contributed by atoms with Crippen molar-refractivity contribution in [3.63, 3.8) is 0 Å². The number of isothiocyanates is 1. The summed E-state index contributed by atoms with van der Waals surface area (Å²) < 4.78 is 20.6. The van der Waals surface area contributed by atoms with E-state index in [1.54, 1.807) is 28.9 Å². The highest BCUT2D eigenvalue weighted by atomic mass is 35.5. The van der Waals surface area contributed by atoms with Crippen LogP contribution in [0.25, 0.3) is 0 Å². The maximum Gasteiger partial charge on any atom is 0.343 e. The summed E-state index contributed by atoms with van der Waals surface area (Å²) in [7, 11) is -1.99. The molecule has 1 unspecified atom stereocenters. The number of hydrogen-bond acceptors (Lipinski definition) is 7. The standard InChI is InChI=1S/C18H26Cl2N5O4PS/c1-28-23-9-2-14-29-30(27,25(12-7-19)13-8-20)24-11-10-21-18(26)16-3-5-17(6-4-16)22-15-31/h3-6,9H,2,7-8,10-14H2,1H3,(H,21,26)(H,24,27)/b23-9+. The molecule has 1 rings (SSSR count). The van der Waals surface area contributed by atoms with Crippen LogP contribution in [-0.2, 0) is 13.9 Å². The average molecular weight is 510 g/mol. The summed E-state index contributed by atoms with van der Waals surface area (Å²) in [5.41, 5.74) is 1.08. The minimum absolute atomic E-state index is 0.154. The number of alkyl halides is 2. The second-order valence-electron chi connectivity index (χ2n) is 5.86. The molecule has 0 aromatic heterocycles. The molecule has 0 aliphatic carbocycles. The number of rotatable bonds is 16. The van der Waals surface area contributed by atoms with Gasteiger partial charge < -0.3 is 14.7 Å². The van der Waals surface area contributed by atoms with Crippen LogP contribution >= 0.6 is 43.1 Å². The summed E-state index contributed by atoms with van der Waals surface area (Å²) in [6.45, 7) is 1.25. The number of thiocarbonyl (C=S) groups is 1. The number of nitrogens with one attached hydrogen (secondary N) is 2. The van der Waals surface area contributed by atoms with Gasteiger partial charge in [0.1, 0.15) is 7.11 Å². The molecule has 31 heavy (non-hydrogen) atoms. The molecular weight excluding hydrogens is 484 g/mol. The lowest BCUT2D eigenvalue weighted by atomic mass is 10.2. The third-order valence-corrected chi connectivity index (χ3v) is 6.51. The van der Waals surface area contributed by atoms with Crippen LogP contribution in [0.15, 0.2) is 34.4 Å². The summed E-state index contributed by atoms with van der Waals surface area (Å²) in [4.78, 5) is 20.7. The number of carbonyl (C=O) groups excluding carboxylic acids is 1. The van der Waals surface area contributed by atoms with Gasteiger partial charge in [0.25, 0.3) is 5.91 Å². The van der Waals surface area contributed by atoms with E-state index < -0.39 is 7.67 Å². The molecule has 1 aromatic rings. The van der Waals surface area contributed by atoms with E-state index in [-0.39, 0.29) is 37.4 Å². The van der Waals surface area contributed by atoms with Crippen LogP contribution in [0.1, 0.15) is 16.8 Å². The van der Waals surface area contributed by atoms with Gasteiger partial charge in [-0.2, -0.15) is 4.99 Å². The molecule has 13 heteroatoms. The molecule has 1 atom stereocenters. The zero-order valence-electron chi connectivity index (χ0n) is 17.1. The van der Waals surface area contributed by atoms with Gasteiger partial charge in [0.05, 0.1) is 17.5 Å². The summed E-state index contributed by atoms with van der Waals surface area (Å²) in [5.74, 6) is 0.248. The van der Waals surface area contributed by atoms with Gasteiger partial charge in [-0.25, -0.2) is 9.76 Å². The normalized spacial score (nSPS) is 13.0. The predicted octanol–water partition coefficient (Wildman–Crippen LogP) is 3.67. The van der Waals surface area contributed by atoms with Crippen molar-refractivity contribution in [2.24, 2.45) is 10.1 Å². The van der Waals surface area contributed by atoms with E-state index in [2.05, 4.69) is 42.8 Å². The van der Waals surface area contributed by atoms with Crippen LogP contribution in [0.3, 0.4) is 0 Å². The van der Waals surface area contributed by atoms with Crippen LogP contribution in [0.4, 0.5) is 5.69 Å². The Morgan fingerprint density at radius 1 is 1.26 bits per heavy atom. The van der Waals surface area contributed by atoms with Gasteiger partial charge in [0.15, 0.2) is 0 Å². The third-order valence-electron chi connectivity index (χ3n) is 3.78. The molecule has 0 fully saturated rings. The van der Waals surface area contributed by atoms with Crippen molar-refractivity contribution >= 4 is 66.1 Å². The zero-order valence-corrected chi connectivity index (χ0v) is 20.4. The second kappa shape index (κ2) is 16.3. The van der Waals surface area contributed by atoms with Crippen molar-refractivity contribution < 1.29 is 18.7 Å². The molecule has 172 valence electrons. The Balaban J connectivity index is 2.65. The topological polar surface area (TPSA) is 105 Å². The van der Waals surface area contributed by atoms with Crippen molar-refractivity contribution in [2.75, 3.05) is 51.7 Å². The van der Waals surface area contributed by atoms with Crippen molar-refractivity contribution in [3.8, 4) is 0 Å². The fourth-order valence-electron chi connectivity index (χ4n) is 2.37. The minimum atomic E-state index is -3.43. The first-order valence-corrected chi connectivity index (χ1v) is 12.4. The Morgan fingerprint density at radius 3 is 2.52 bits per heavy atom. The highest BCUT2D eigenvalue weighted by Gasteiger charge is 2.30. The summed E-state index contributed by atoms with van der Waals surface area (Å²) in [6.07, 6.45) is 1.93. The first-order chi connectivity index (χ1) is 15.0. The summed E-state index contributed by atoms with van der Waals surface area (Å²) in [6, 6.07) is 6.59. The van der Waals surface area contributed by atoms with Gasteiger partial charge in [-0.05, 0) is 36.5 Å². The minimum Gasteiger partial charge on any atom is -0.399 e. The number of oxime groups is 1. The second-order valence-corrected chi connectivity index (χ2v) is 8.98. The summed E-state index contributed by atoms with van der Waals surface area (Å²) >= 11 is 16.2. The van der Waals surface area contributed by atoms with Gasteiger partial charge >= 0.3 is 7.67 Å². The number of hydrogen-bond donors (Lipinski definition) is 2. The van der Waals surface area contributed by atoms with Crippen LogP contribution < -0.4 is 10.4 Å². The fourth-order valence-corrected chi connectivity index (χ4v) is 5.05. The largest absolute Gasteiger partial charge is 0.399 e. The fraction of sp³-hybridized carbons (Fsp3) is 0.500. The molecule has 0 radical (unpaired) electrons. The molecule has 0 heterocycles. The number of amides is 1. The smallest absolute Gasteiger partial charge is 0.343 e. The van der Waals surface area contributed by atoms with E-state index in [1.165, 1.54) is 13.3 Å². The highest BCUT2D eigenvalue weighted by molar-refractivity contribution is 7.78. The van der Waals surface area contributed by atoms with Crippen molar-refractivity contribution in [1.82, 2.24) is 15.1 Å². The monoisotopic (exact) mass is 509 g/mol. The van der Waals surface area contributed by atoms with Gasteiger partial charge in [0, 0.05) is 56.1 Å². The molecule has 0 spiro atoms. The van der Waals surface area contributed by atoms with E-state index in [0.29, 0.717) is 30.8 Å². The Hall–Kier alpha value is -1.35. The van der Waals surface area contributed by atoms with Crippen molar-refractivity contribution in [3.05, 3.63) is 29.8 Å². The van der Waals surface area contributed by atoms with Crippen LogP contribution in [0.5, 0.6) is 0 Å². The quantitative estimate of drug-likeness (QED) is 0.0874. The summed E-state index contributed by atoms with van der Waals surface area (Å²) in [5, 5.41) is 11.5. The van der Waals surface area contributed by atoms with Gasteiger partial charge in [-0.3, -0.25) is 9.36 Å². The van der Waals surface area contributed by atoms with Crippen LogP contribution in [0.2, 0.25) is 0 Å². The van der Waals surface area contributed by atoms with Gasteiger partial charge in [-0.1, -0.05) is 5.16 Å². The zero-order chi connectivity index (χ0) is 23.0. The molecular formula is C18H26Cl2N5O4PS. The maximum atomic E-state index is 13.4. The number of halogens is 2. The Morgan fingerprint density at radius 2 is 1.94 bits per heavy atom. The lowest BCUT2D eigenvalue weighted by Gasteiger charge is -2.30. The molecule has 1 aromatic carbocycles. The van der Waals surface area contributed by atoms with Gasteiger partial charge in [0.2, 0.25) is 0 Å². The van der Waals surface area contributed by atoms with E-state index in [9.17, 15) is 9.36 Å². The molecule has 9 nitrogen and oxygen atoms in total. The number of nitrogens with zero attached hydrogens (tertiary/aromatic N) is 3. The Bertz CT molecular complexity index is 788. The van der Waals surface area contributed by atoms with Crippen molar-refractivity contribution in [1.29, 1.82) is 0 Å². The Kier molecular flexibility index (Phi) is 14.6. The molecule has 0 bridgehead atoms. The van der Waals surface area contributed by atoms with Gasteiger partial charge in [-0.15, -0.1) is 23.2 Å². The SMILES string of the molecule is CO/N=C/CCOP(=O)(NCCNC(=O)c1ccc(N=C=S)cc1)N(CCCl)CCCl. The third kappa shape index (κ3) is 10.7. The molecule has 2 N–H and O–H groups in total. The molecule has 0 saturated heterocycles. The van der Waals surface area contributed by atoms with Crippen LogP contribution in [0, 0.1) is 0 Å². The predicted molar refractivity (Wildman–Crippen MR) is 128 cm³/mol. The molecule has 0 saturated carbocycles. The maximum absolute atomic E-state index is 13.4. The highest BCUT2D eigenvalue weighted by Crippen LogP contribution is 2.46. The lowest BCUT2D eigenvalue weighted by molar-refractivity contribution is 0.0954. The number of aliphatic imine (C=N–C) groups is 1. The van der Waals surface area contributed by atoms with Crippen molar-refractivity contribution in [2.45, 2.75) is 6.42 Å². The lowest BCUT2D eigenvalue weighted by Crippen LogP contribution is -2.37. The molecule has 0 aliphatic heterocycles.